The lowest BCUT2D eigenvalue weighted by atomic mass is 10.2. The Labute approximate surface area is 146 Å². The van der Waals surface area contributed by atoms with Crippen LogP contribution in [-0.4, -0.2) is 20.1 Å². The standard InChI is InChI=1S/C16H13BrN2O3S/c1-21-14-4-3-12(7-15(14)22-2)19-16(20)10(8-18)5-13-6-11(17)9-23-13/h3-7,9H,1-2H3,(H,19,20)/b10-5+. The first-order valence-corrected chi connectivity index (χ1v) is 8.14. The van der Waals surface area contributed by atoms with E-state index >= 15 is 0 Å². The average molecular weight is 393 g/mol. The fourth-order valence-corrected chi connectivity index (χ4v) is 3.18. The van der Waals surface area contributed by atoms with Gasteiger partial charge in [0.2, 0.25) is 0 Å². The molecule has 0 aliphatic rings. The molecule has 7 heteroatoms. The summed E-state index contributed by atoms with van der Waals surface area (Å²) in [4.78, 5) is 13.0. The van der Waals surface area contributed by atoms with Crippen LogP contribution in [-0.2, 0) is 4.79 Å². The Hall–Kier alpha value is -2.30. The summed E-state index contributed by atoms with van der Waals surface area (Å²) < 4.78 is 11.2. The number of amides is 1. The van der Waals surface area contributed by atoms with E-state index in [1.165, 1.54) is 25.6 Å². The topological polar surface area (TPSA) is 71.3 Å². The highest BCUT2D eigenvalue weighted by Crippen LogP contribution is 2.30. The lowest BCUT2D eigenvalue weighted by Crippen LogP contribution is -2.13. The van der Waals surface area contributed by atoms with Gasteiger partial charge in [0.05, 0.1) is 14.2 Å². The van der Waals surface area contributed by atoms with Crippen LogP contribution in [0.4, 0.5) is 5.69 Å². The highest BCUT2D eigenvalue weighted by atomic mass is 79.9. The Morgan fingerprint density at radius 1 is 1.30 bits per heavy atom. The predicted molar refractivity (Wildman–Crippen MR) is 93.8 cm³/mol. The van der Waals surface area contributed by atoms with Crippen LogP contribution in [0.15, 0.2) is 39.7 Å². The van der Waals surface area contributed by atoms with Gasteiger partial charge in [-0.25, -0.2) is 0 Å². The third-order valence-corrected chi connectivity index (χ3v) is 4.52. The van der Waals surface area contributed by atoms with Crippen LogP contribution in [0.2, 0.25) is 0 Å². The minimum atomic E-state index is -0.482. The molecule has 0 fully saturated rings. The molecule has 2 rings (SSSR count). The molecule has 0 spiro atoms. The van der Waals surface area contributed by atoms with E-state index in [4.69, 9.17) is 9.47 Å². The molecule has 1 aromatic heterocycles. The van der Waals surface area contributed by atoms with Crippen molar-refractivity contribution in [3.8, 4) is 17.6 Å². The molecule has 0 saturated carbocycles. The van der Waals surface area contributed by atoms with Crippen LogP contribution in [0.25, 0.3) is 6.08 Å². The van der Waals surface area contributed by atoms with Gasteiger partial charge in [-0.15, -0.1) is 11.3 Å². The van der Waals surface area contributed by atoms with Gasteiger partial charge >= 0.3 is 0 Å². The number of ether oxygens (including phenoxy) is 2. The largest absolute Gasteiger partial charge is 0.493 e. The summed E-state index contributed by atoms with van der Waals surface area (Å²) in [5.41, 5.74) is 0.537. The Kier molecular flexibility index (Phi) is 5.79. The van der Waals surface area contributed by atoms with Crippen LogP contribution < -0.4 is 14.8 Å². The number of hydrogen-bond donors (Lipinski definition) is 1. The first-order valence-electron chi connectivity index (χ1n) is 6.46. The minimum Gasteiger partial charge on any atom is -0.493 e. The van der Waals surface area contributed by atoms with Gasteiger partial charge in [-0.2, -0.15) is 5.26 Å². The van der Waals surface area contributed by atoms with E-state index in [-0.39, 0.29) is 5.57 Å². The number of halogens is 1. The zero-order valence-corrected chi connectivity index (χ0v) is 14.8. The fourth-order valence-electron chi connectivity index (χ4n) is 1.81. The summed E-state index contributed by atoms with van der Waals surface area (Å²) in [7, 11) is 3.05. The smallest absolute Gasteiger partial charge is 0.266 e. The van der Waals surface area contributed by atoms with Crippen LogP contribution in [0.3, 0.4) is 0 Å². The molecule has 118 valence electrons. The molecule has 0 unspecified atom stereocenters. The molecule has 1 heterocycles. The number of rotatable bonds is 5. The van der Waals surface area contributed by atoms with E-state index in [1.807, 2.05) is 17.5 Å². The van der Waals surface area contributed by atoms with Crippen molar-refractivity contribution in [3.05, 3.63) is 44.6 Å². The fraction of sp³-hybridized carbons (Fsp3) is 0.125. The molecular formula is C16H13BrN2O3S. The van der Waals surface area contributed by atoms with Crippen LogP contribution in [0.5, 0.6) is 11.5 Å². The van der Waals surface area contributed by atoms with E-state index in [0.29, 0.717) is 17.2 Å². The number of anilines is 1. The van der Waals surface area contributed by atoms with Gasteiger partial charge in [0.15, 0.2) is 11.5 Å². The normalized spacial score (nSPS) is 10.8. The number of carbonyl (C=O) groups excluding carboxylic acids is 1. The molecule has 0 aliphatic heterocycles. The Morgan fingerprint density at radius 2 is 2.04 bits per heavy atom. The summed E-state index contributed by atoms with van der Waals surface area (Å²) in [6.07, 6.45) is 1.55. The van der Waals surface area contributed by atoms with E-state index in [9.17, 15) is 10.1 Å². The monoisotopic (exact) mass is 392 g/mol. The van der Waals surface area contributed by atoms with Crippen molar-refractivity contribution in [2.45, 2.75) is 0 Å². The number of thiophene rings is 1. The third-order valence-electron chi connectivity index (χ3n) is 2.88. The quantitative estimate of drug-likeness (QED) is 0.614. The maximum Gasteiger partial charge on any atom is 0.266 e. The highest BCUT2D eigenvalue weighted by molar-refractivity contribution is 9.10. The first-order chi connectivity index (χ1) is 11.1. The Bertz CT molecular complexity index is 793. The minimum absolute atomic E-state index is 0.0223. The van der Waals surface area contributed by atoms with E-state index in [1.54, 1.807) is 24.3 Å². The first kappa shape index (κ1) is 17.1. The average Bonchev–Trinajstić information content (AvgIpc) is 2.97. The van der Waals surface area contributed by atoms with Crippen molar-refractivity contribution in [1.82, 2.24) is 0 Å². The number of carbonyl (C=O) groups is 1. The number of hydrogen-bond acceptors (Lipinski definition) is 5. The van der Waals surface area contributed by atoms with Gasteiger partial charge in [0.1, 0.15) is 11.6 Å². The van der Waals surface area contributed by atoms with Gasteiger partial charge in [0.25, 0.3) is 5.91 Å². The zero-order valence-electron chi connectivity index (χ0n) is 12.4. The maximum absolute atomic E-state index is 12.2. The van der Waals surface area contributed by atoms with Gasteiger partial charge in [-0.05, 0) is 40.2 Å². The van der Waals surface area contributed by atoms with Gasteiger partial charge in [-0.3, -0.25) is 4.79 Å². The maximum atomic E-state index is 12.2. The Balaban J connectivity index is 2.20. The van der Waals surface area contributed by atoms with Crippen molar-refractivity contribution >= 4 is 44.9 Å². The van der Waals surface area contributed by atoms with Crippen molar-refractivity contribution in [1.29, 1.82) is 5.26 Å². The molecule has 1 aromatic carbocycles. The van der Waals surface area contributed by atoms with Crippen molar-refractivity contribution in [2.75, 3.05) is 19.5 Å². The van der Waals surface area contributed by atoms with Crippen molar-refractivity contribution in [2.24, 2.45) is 0 Å². The summed E-state index contributed by atoms with van der Waals surface area (Å²) in [6, 6.07) is 8.74. The second kappa shape index (κ2) is 7.81. The molecule has 5 nitrogen and oxygen atoms in total. The number of nitrogens with zero attached hydrogens (tertiary/aromatic N) is 1. The lowest BCUT2D eigenvalue weighted by Gasteiger charge is -2.10. The number of methoxy groups -OCH3 is 2. The van der Waals surface area contributed by atoms with E-state index in [0.717, 1.165) is 9.35 Å². The predicted octanol–water partition coefficient (Wildman–Crippen LogP) is 4.07. The van der Waals surface area contributed by atoms with Crippen LogP contribution in [0, 0.1) is 11.3 Å². The molecule has 0 aliphatic carbocycles. The molecule has 2 aromatic rings. The van der Waals surface area contributed by atoms with E-state index < -0.39 is 5.91 Å². The molecule has 0 radical (unpaired) electrons. The molecular weight excluding hydrogens is 380 g/mol. The zero-order chi connectivity index (χ0) is 16.8. The summed E-state index contributed by atoms with van der Waals surface area (Å²) in [6.45, 7) is 0. The van der Waals surface area contributed by atoms with Crippen LogP contribution >= 0.6 is 27.3 Å². The number of nitrogens with one attached hydrogen (secondary N) is 1. The molecule has 23 heavy (non-hydrogen) atoms. The van der Waals surface area contributed by atoms with Crippen molar-refractivity contribution in [3.63, 3.8) is 0 Å². The number of benzene rings is 1. The number of nitriles is 1. The summed E-state index contributed by atoms with van der Waals surface area (Å²) >= 11 is 4.77. The Morgan fingerprint density at radius 3 is 2.61 bits per heavy atom. The third kappa shape index (κ3) is 4.34. The SMILES string of the molecule is COc1ccc(NC(=O)/C(C#N)=C/c2cc(Br)cs2)cc1OC. The highest BCUT2D eigenvalue weighted by Gasteiger charge is 2.12. The van der Waals surface area contributed by atoms with Crippen LogP contribution in [0.1, 0.15) is 4.88 Å². The van der Waals surface area contributed by atoms with Gasteiger partial charge < -0.3 is 14.8 Å². The molecule has 1 N–H and O–H groups in total. The second-order valence-electron chi connectivity index (χ2n) is 4.36. The van der Waals surface area contributed by atoms with E-state index in [2.05, 4.69) is 21.2 Å². The molecule has 0 bridgehead atoms. The summed E-state index contributed by atoms with van der Waals surface area (Å²) in [5, 5.41) is 13.8. The van der Waals surface area contributed by atoms with Gasteiger partial charge in [0, 0.05) is 26.5 Å². The molecule has 1 amide bonds. The van der Waals surface area contributed by atoms with Crippen molar-refractivity contribution < 1.29 is 14.3 Å². The van der Waals surface area contributed by atoms with Gasteiger partial charge in [-0.1, -0.05) is 0 Å². The lowest BCUT2D eigenvalue weighted by molar-refractivity contribution is -0.112. The second-order valence-corrected chi connectivity index (χ2v) is 6.22. The molecule has 0 saturated heterocycles. The molecule has 0 atom stereocenters. The summed E-state index contributed by atoms with van der Waals surface area (Å²) in [5.74, 6) is 0.573.